The largest absolute Gasteiger partial charge is 0.343 e. The maximum Gasteiger partial charge on any atom is 0.235 e. The molecule has 1 unspecified atom stereocenters. The summed E-state index contributed by atoms with van der Waals surface area (Å²) < 4.78 is 0. The predicted octanol–water partition coefficient (Wildman–Crippen LogP) is 1.97. The van der Waals surface area contributed by atoms with E-state index in [1.54, 1.807) is 0 Å². The van der Waals surface area contributed by atoms with E-state index in [4.69, 9.17) is 0 Å². The standard InChI is InChI=1S/C17H19NO3/c1-10-3-4-11(2)13(9-10)14-15(20)17(18-16(14)21)7-5-12(19)6-8-17/h3-4,9,14H,5-8H2,1-2H3,(H,18,21). The Kier molecular flexibility index (Phi) is 3.19. The lowest BCUT2D eigenvalue weighted by molar-refractivity contribution is -0.127. The number of hydrogen-bond donors (Lipinski definition) is 1. The van der Waals surface area contributed by atoms with Crippen molar-refractivity contribution in [3.8, 4) is 0 Å². The van der Waals surface area contributed by atoms with Gasteiger partial charge in [0.2, 0.25) is 5.91 Å². The Bertz CT molecular complexity index is 637. The minimum Gasteiger partial charge on any atom is -0.343 e. The first-order chi connectivity index (χ1) is 9.93. The van der Waals surface area contributed by atoms with Gasteiger partial charge in [0.05, 0.1) is 0 Å². The molecule has 1 saturated carbocycles. The van der Waals surface area contributed by atoms with Crippen molar-refractivity contribution in [3.05, 3.63) is 34.9 Å². The summed E-state index contributed by atoms with van der Waals surface area (Å²) in [6.45, 7) is 3.88. The average molecular weight is 285 g/mol. The van der Waals surface area contributed by atoms with Crippen LogP contribution in [0.15, 0.2) is 18.2 Å². The SMILES string of the molecule is Cc1ccc(C)c(C2C(=O)NC3(CCC(=O)CC3)C2=O)c1. The van der Waals surface area contributed by atoms with Crippen molar-refractivity contribution in [1.29, 1.82) is 0 Å². The molecule has 2 aliphatic rings. The van der Waals surface area contributed by atoms with Crippen LogP contribution in [-0.4, -0.2) is 23.0 Å². The van der Waals surface area contributed by atoms with Crippen LogP contribution in [0.5, 0.6) is 0 Å². The maximum absolute atomic E-state index is 12.9. The summed E-state index contributed by atoms with van der Waals surface area (Å²) in [5.74, 6) is -0.826. The number of hydrogen-bond acceptors (Lipinski definition) is 3. The van der Waals surface area contributed by atoms with Gasteiger partial charge in [-0.25, -0.2) is 0 Å². The second-order valence-electron chi connectivity index (χ2n) is 6.27. The molecule has 1 amide bonds. The number of nitrogens with one attached hydrogen (secondary N) is 1. The van der Waals surface area contributed by atoms with E-state index in [-0.39, 0.29) is 17.5 Å². The summed E-state index contributed by atoms with van der Waals surface area (Å²) in [4.78, 5) is 36.7. The molecule has 1 spiro atoms. The Hall–Kier alpha value is -1.97. The van der Waals surface area contributed by atoms with E-state index in [1.807, 2.05) is 32.0 Å². The smallest absolute Gasteiger partial charge is 0.235 e. The monoisotopic (exact) mass is 285 g/mol. The number of benzene rings is 1. The van der Waals surface area contributed by atoms with E-state index in [0.29, 0.717) is 25.7 Å². The molecule has 1 aromatic carbocycles. The van der Waals surface area contributed by atoms with Gasteiger partial charge in [-0.3, -0.25) is 14.4 Å². The van der Waals surface area contributed by atoms with Gasteiger partial charge >= 0.3 is 0 Å². The number of aryl methyl sites for hydroxylation is 2. The molecule has 1 atom stereocenters. The molecule has 4 heteroatoms. The molecular weight excluding hydrogens is 266 g/mol. The zero-order valence-corrected chi connectivity index (χ0v) is 12.4. The van der Waals surface area contributed by atoms with Crippen molar-refractivity contribution >= 4 is 17.5 Å². The molecule has 1 saturated heterocycles. The summed E-state index contributed by atoms with van der Waals surface area (Å²) in [5, 5.41) is 2.89. The van der Waals surface area contributed by atoms with E-state index < -0.39 is 11.5 Å². The summed E-state index contributed by atoms with van der Waals surface area (Å²) in [5.41, 5.74) is 1.98. The Labute approximate surface area is 123 Å². The van der Waals surface area contributed by atoms with Gasteiger partial charge < -0.3 is 5.32 Å². The number of rotatable bonds is 1. The highest BCUT2D eigenvalue weighted by Gasteiger charge is 2.54. The van der Waals surface area contributed by atoms with Crippen molar-refractivity contribution in [3.63, 3.8) is 0 Å². The second kappa shape index (κ2) is 4.79. The first-order valence-corrected chi connectivity index (χ1v) is 7.38. The van der Waals surface area contributed by atoms with Crippen LogP contribution in [0.2, 0.25) is 0 Å². The molecule has 110 valence electrons. The lowest BCUT2D eigenvalue weighted by atomic mass is 9.76. The summed E-state index contributed by atoms with van der Waals surface area (Å²) in [7, 11) is 0. The third kappa shape index (κ3) is 2.19. The molecule has 0 radical (unpaired) electrons. The van der Waals surface area contributed by atoms with E-state index in [1.165, 1.54) is 0 Å². The van der Waals surface area contributed by atoms with E-state index in [2.05, 4.69) is 5.32 Å². The Morgan fingerprint density at radius 3 is 2.43 bits per heavy atom. The average Bonchev–Trinajstić information content (AvgIpc) is 2.68. The second-order valence-corrected chi connectivity index (χ2v) is 6.27. The number of Topliss-reactive ketones (excluding diaryl/α,β-unsaturated/α-hetero) is 2. The normalized spacial score (nSPS) is 24.5. The molecule has 1 aromatic rings. The van der Waals surface area contributed by atoms with Gasteiger partial charge in [0.25, 0.3) is 0 Å². The molecule has 1 aliphatic heterocycles. The zero-order valence-electron chi connectivity index (χ0n) is 12.4. The first kappa shape index (κ1) is 14.0. The van der Waals surface area contributed by atoms with Gasteiger partial charge in [0.1, 0.15) is 17.2 Å². The maximum atomic E-state index is 12.9. The number of ketones is 2. The molecular formula is C17H19NO3. The molecule has 0 aromatic heterocycles. The van der Waals surface area contributed by atoms with Crippen LogP contribution < -0.4 is 5.32 Å². The van der Waals surface area contributed by atoms with Gasteiger partial charge in [-0.2, -0.15) is 0 Å². The molecule has 21 heavy (non-hydrogen) atoms. The predicted molar refractivity (Wildman–Crippen MR) is 78.0 cm³/mol. The fraction of sp³-hybridized carbons (Fsp3) is 0.471. The molecule has 3 rings (SSSR count). The lowest BCUT2D eigenvalue weighted by Gasteiger charge is -2.31. The summed E-state index contributed by atoms with van der Waals surface area (Å²) in [6.07, 6.45) is 1.65. The third-order valence-electron chi connectivity index (χ3n) is 4.77. The van der Waals surface area contributed by atoms with Gasteiger partial charge in [0, 0.05) is 12.8 Å². The quantitative estimate of drug-likeness (QED) is 0.802. The van der Waals surface area contributed by atoms with Gasteiger partial charge in [-0.1, -0.05) is 23.8 Å². The zero-order chi connectivity index (χ0) is 15.2. The van der Waals surface area contributed by atoms with Crippen molar-refractivity contribution in [1.82, 2.24) is 5.32 Å². The van der Waals surface area contributed by atoms with Crippen LogP contribution in [0.4, 0.5) is 0 Å². The molecule has 0 bridgehead atoms. The lowest BCUT2D eigenvalue weighted by Crippen LogP contribution is -2.49. The topological polar surface area (TPSA) is 63.2 Å². The van der Waals surface area contributed by atoms with E-state index >= 15 is 0 Å². The highest BCUT2D eigenvalue weighted by Crippen LogP contribution is 2.39. The minimum absolute atomic E-state index is 0.0614. The summed E-state index contributed by atoms with van der Waals surface area (Å²) in [6, 6.07) is 5.84. The minimum atomic E-state index is -0.814. The Morgan fingerprint density at radius 1 is 1.10 bits per heavy atom. The van der Waals surface area contributed by atoms with Crippen molar-refractivity contribution in [2.24, 2.45) is 0 Å². The Morgan fingerprint density at radius 2 is 1.76 bits per heavy atom. The van der Waals surface area contributed by atoms with Crippen LogP contribution in [0.1, 0.15) is 48.3 Å². The van der Waals surface area contributed by atoms with Crippen LogP contribution in [0.25, 0.3) is 0 Å². The van der Waals surface area contributed by atoms with Gasteiger partial charge in [-0.05, 0) is 37.8 Å². The van der Waals surface area contributed by atoms with Gasteiger partial charge in [0.15, 0.2) is 5.78 Å². The van der Waals surface area contributed by atoms with Crippen molar-refractivity contribution in [2.75, 3.05) is 0 Å². The molecule has 1 aliphatic carbocycles. The molecule has 4 nitrogen and oxygen atoms in total. The van der Waals surface area contributed by atoms with Gasteiger partial charge in [-0.15, -0.1) is 0 Å². The number of carbonyl (C=O) groups excluding carboxylic acids is 3. The van der Waals surface area contributed by atoms with Crippen molar-refractivity contribution in [2.45, 2.75) is 51.0 Å². The fourth-order valence-corrected chi connectivity index (χ4v) is 3.45. The summed E-state index contributed by atoms with van der Waals surface area (Å²) >= 11 is 0. The van der Waals surface area contributed by atoms with Crippen molar-refractivity contribution < 1.29 is 14.4 Å². The Balaban J connectivity index is 1.98. The van der Waals surface area contributed by atoms with Crippen LogP contribution >= 0.6 is 0 Å². The van der Waals surface area contributed by atoms with Crippen LogP contribution in [0, 0.1) is 13.8 Å². The molecule has 2 fully saturated rings. The van der Waals surface area contributed by atoms with E-state index in [9.17, 15) is 14.4 Å². The highest BCUT2D eigenvalue weighted by molar-refractivity contribution is 6.17. The third-order valence-corrected chi connectivity index (χ3v) is 4.77. The molecule has 1 heterocycles. The van der Waals surface area contributed by atoms with Crippen LogP contribution in [0.3, 0.4) is 0 Å². The first-order valence-electron chi connectivity index (χ1n) is 7.38. The number of amides is 1. The van der Waals surface area contributed by atoms with Crippen LogP contribution in [-0.2, 0) is 14.4 Å². The highest BCUT2D eigenvalue weighted by atomic mass is 16.2. The fourth-order valence-electron chi connectivity index (χ4n) is 3.45. The van der Waals surface area contributed by atoms with E-state index in [0.717, 1.165) is 16.7 Å². The molecule has 1 N–H and O–H groups in total. The number of carbonyl (C=O) groups is 3.